The number of piperazine rings is 1. The molecule has 1 fully saturated rings. The Hall–Kier alpha value is -3.16. The van der Waals surface area contributed by atoms with Crippen LogP contribution in [0.1, 0.15) is 16.1 Å². The highest BCUT2D eigenvalue weighted by molar-refractivity contribution is 14.0. The van der Waals surface area contributed by atoms with Gasteiger partial charge in [0.25, 0.3) is 11.6 Å². The number of carbonyl (C=O) groups is 2. The molecule has 0 saturated carbocycles. The average molecular weight is 570 g/mol. The Balaban J connectivity index is 0.00000385. The molecule has 33 heavy (non-hydrogen) atoms. The van der Waals surface area contributed by atoms with Gasteiger partial charge in [0.1, 0.15) is 0 Å². The van der Waals surface area contributed by atoms with Crippen molar-refractivity contribution in [2.45, 2.75) is 6.54 Å². The number of hydrogen-bond donors (Lipinski definition) is 1. The highest BCUT2D eigenvalue weighted by Gasteiger charge is 2.25. The van der Waals surface area contributed by atoms with Gasteiger partial charge in [-0.1, -0.05) is 12.1 Å². The lowest BCUT2D eigenvalue weighted by Crippen LogP contribution is -2.54. The van der Waals surface area contributed by atoms with E-state index in [9.17, 15) is 19.7 Å². The van der Waals surface area contributed by atoms with Gasteiger partial charge in [0.2, 0.25) is 5.91 Å². The first-order valence-corrected chi connectivity index (χ1v) is 10.1. The van der Waals surface area contributed by atoms with E-state index in [0.717, 1.165) is 5.56 Å². The van der Waals surface area contributed by atoms with Crippen LogP contribution in [0.2, 0.25) is 0 Å². The van der Waals surface area contributed by atoms with Gasteiger partial charge in [-0.15, -0.1) is 24.0 Å². The van der Waals surface area contributed by atoms with E-state index in [-0.39, 0.29) is 48.0 Å². The zero-order chi connectivity index (χ0) is 23.1. The van der Waals surface area contributed by atoms with Crippen LogP contribution >= 0.6 is 24.0 Å². The van der Waals surface area contributed by atoms with Gasteiger partial charge in [0, 0.05) is 52.4 Å². The average Bonchev–Trinajstić information content (AvgIpc) is 3.34. The third kappa shape index (κ3) is 7.17. The predicted molar refractivity (Wildman–Crippen MR) is 133 cm³/mol. The molecule has 0 bridgehead atoms. The lowest BCUT2D eigenvalue weighted by atomic mass is 10.2. The van der Waals surface area contributed by atoms with Gasteiger partial charge in [-0.2, -0.15) is 0 Å². The molecule has 1 N–H and O–H groups in total. The maximum absolute atomic E-state index is 12.5. The fourth-order valence-electron chi connectivity index (χ4n) is 3.15. The molecular weight excluding hydrogens is 543 g/mol. The number of benzene rings is 1. The second-order valence-electron chi connectivity index (χ2n) is 7.46. The smallest absolute Gasteiger partial charge is 0.289 e. The third-order valence-corrected chi connectivity index (χ3v) is 5.05. The molecule has 0 spiro atoms. The van der Waals surface area contributed by atoms with Crippen molar-refractivity contribution in [3.05, 3.63) is 64.1 Å². The minimum atomic E-state index is -0.448. The van der Waals surface area contributed by atoms with Crippen LogP contribution in [0.15, 0.2) is 52.1 Å². The van der Waals surface area contributed by atoms with E-state index in [2.05, 4.69) is 10.3 Å². The molecule has 2 heterocycles. The number of nitrogens with zero attached hydrogens (tertiary/aromatic N) is 5. The Morgan fingerprint density at radius 3 is 2.30 bits per heavy atom. The van der Waals surface area contributed by atoms with Crippen molar-refractivity contribution in [3.63, 3.8) is 0 Å². The Bertz CT molecular complexity index is 970. The molecule has 1 aliphatic heterocycles. The standard InChI is InChI=1S/C21H26N6O5.HI/c1-24(2)19(28)15-23-21(22-14-16-5-7-17(8-6-16)27(30)31)26-11-9-25(10-12-26)20(29)18-4-3-13-32-18;/h3-8,13H,9-12,14-15H2,1-2H3,(H,22,23);1H. The number of nitrogens with one attached hydrogen (secondary N) is 1. The molecule has 12 heteroatoms. The fourth-order valence-corrected chi connectivity index (χ4v) is 3.15. The molecule has 1 saturated heterocycles. The Morgan fingerprint density at radius 2 is 1.76 bits per heavy atom. The summed E-state index contributed by atoms with van der Waals surface area (Å²) < 4.78 is 5.20. The highest BCUT2D eigenvalue weighted by Crippen LogP contribution is 2.13. The van der Waals surface area contributed by atoms with Gasteiger partial charge in [-0.3, -0.25) is 19.7 Å². The summed E-state index contributed by atoms with van der Waals surface area (Å²) in [5.74, 6) is 0.596. The molecule has 0 radical (unpaired) electrons. The Morgan fingerprint density at radius 1 is 1.12 bits per heavy atom. The van der Waals surface area contributed by atoms with Gasteiger partial charge >= 0.3 is 0 Å². The summed E-state index contributed by atoms with van der Waals surface area (Å²) in [6, 6.07) is 9.51. The molecule has 178 valence electrons. The number of likely N-dealkylation sites (N-methyl/N-ethyl adjacent to an activating group) is 1. The predicted octanol–water partition coefficient (Wildman–Crippen LogP) is 1.80. The van der Waals surface area contributed by atoms with Gasteiger partial charge in [0.15, 0.2) is 11.7 Å². The SMILES string of the molecule is CN(C)C(=O)CNC(=NCc1ccc([N+](=O)[O-])cc1)N1CCN(C(=O)c2ccco2)CC1.I. The number of hydrogen-bond acceptors (Lipinski definition) is 6. The van der Waals surface area contributed by atoms with E-state index in [4.69, 9.17) is 4.42 Å². The molecule has 1 aliphatic rings. The van der Waals surface area contributed by atoms with Crippen LogP contribution in [0.3, 0.4) is 0 Å². The molecule has 2 aromatic rings. The van der Waals surface area contributed by atoms with Gasteiger partial charge in [-0.25, -0.2) is 4.99 Å². The number of non-ortho nitro benzene ring substituents is 1. The summed E-state index contributed by atoms with van der Waals surface area (Å²) in [6.07, 6.45) is 1.47. The van der Waals surface area contributed by atoms with E-state index >= 15 is 0 Å². The third-order valence-electron chi connectivity index (χ3n) is 5.05. The second-order valence-corrected chi connectivity index (χ2v) is 7.46. The van der Waals surface area contributed by atoms with Crippen LogP contribution in [-0.2, 0) is 11.3 Å². The first-order valence-electron chi connectivity index (χ1n) is 10.1. The number of amides is 2. The minimum Gasteiger partial charge on any atom is -0.459 e. The summed E-state index contributed by atoms with van der Waals surface area (Å²) in [5, 5.41) is 13.9. The topological polar surface area (TPSA) is 125 Å². The van der Waals surface area contributed by atoms with Crippen LogP contribution in [0, 0.1) is 10.1 Å². The zero-order valence-electron chi connectivity index (χ0n) is 18.5. The summed E-state index contributed by atoms with van der Waals surface area (Å²) in [4.78, 5) is 44.7. The largest absolute Gasteiger partial charge is 0.459 e. The zero-order valence-corrected chi connectivity index (χ0v) is 20.8. The first-order chi connectivity index (χ1) is 15.3. The molecule has 0 unspecified atom stereocenters. The van der Waals surface area contributed by atoms with Crippen LogP contribution in [0.25, 0.3) is 0 Å². The Kier molecular flexibility index (Phi) is 9.63. The van der Waals surface area contributed by atoms with Crippen molar-refractivity contribution in [2.75, 3.05) is 46.8 Å². The fraction of sp³-hybridized carbons (Fsp3) is 0.381. The van der Waals surface area contributed by atoms with Crippen molar-refractivity contribution < 1.29 is 18.9 Å². The van der Waals surface area contributed by atoms with Crippen molar-refractivity contribution in [1.82, 2.24) is 20.0 Å². The van der Waals surface area contributed by atoms with Crippen LogP contribution in [0.4, 0.5) is 5.69 Å². The number of guanidine groups is 1. The molecule has 0 atom stereocenters. The van der Waals surface area contributed by atoms with Gasteiger partial charge < -0.3 is 24.4 Å². The van der Waals surface area contributed by atoms with Crippen LogP contribution in [-0.4, -0.2) is 84.2 Å². The number of rotatable bonds is 6. The summed E-state index contributed by atoms with van der Waals surface area (Å²) >= 11 is 0. The van der Waals surface area contributed by atoms with Gasteiger partial charge in [0.05, 0.1) is 24.3 Å². The maximum atomic E-state index is 12.5. The minimum absolute atomic E-state index is 0. The number of carbonyl (C=O) groups excluding carboxylic acids is 2. The van der Waals surface area contributed by atoms with E-state index in [1.165, 1.54) is 23.3 Å². The second kappa shape index (κ2) is 12.2. The maximum Gasteiger partial charge on any atom is 0.289 e. The summed E-state index contributed by atoms with van der Waals surface area (Å²) in [5.41, 5.74) is 0.825. The number of furan rings is 1. The molecular formula is C21H27IN6O5. The van der Waals surface area contributed by atoms with E-state index in [0.29, 0.717) is 44.4 Å². The van der Waals surface area contributed by atoms with Gasteiger partial charge in [-0.05, 0) is 17.7 Å². The lowest BCUT2D eigenvalue weighted by molar-refractivity contribution is -0.384. The lowest BCUT2D eigenvalue weighted by Gasteiger charge is -2.36. The molecule has 11 nitrogen and oxygen atoms in total. The van der Waals surface area contributed by atoms with Crippen molar-refractivity contribution in [3.8, 4) is 0 Å². The molecule has 1 aromatic carbocycles. The van der Waals surface area contributed by atoms with E-state index < -0.39 is 4.92 Å². The molecule has 2 amide bonds. The monoisotopic (exact) mass is 570 g/mol. The summed E-state index contributed by atoms with van der Waals surface area (Å²) in [7, 11) is 3.35. The molecule has 0 aliphatic carbocycles. The Labute approximate surface area is 208 Å². The van der Waals surface area contributed by atoms with Crippen molar-refractivity contribution in [1.29, 1.82) is 0 Å². The van der Waals surface area contributed by atoms with E-state index in [1.54, 1.807) is 43.3 Å². The van der Waals surface area contributed by atoms with Crippen LogP contribution < -0.4 is 5.32 Å². The normalized spacial score (nSPS) is 13.8. The quantitative estimate of drug-likeness (QED) is 0.185. The number of nitro benzene ring substituents is 1. The van der Waals surface area contributed by atoms with Crippen molar-refractivity contribution >= 4 is 47.4 Å². The number of aliphatic imine (C=N–C) groups is 1. The van der Waals surface area contributed by atoms with E-state index in [1.807, 2.05) is 4.90 Å². The number of nitro groups is 1. The summed E-state index contributed by atoms with van der Waals surface area (Å²) in [6.45, 7) is 2.42. The number of halogens is 1. The molecule has 3 rings (SSSR count). The van der Waals surface area contributed by atoms with Crippen LogP contribution in [0.5, 0.6) is 0 Å². The van der Waals surface area contributed by atoms with Crippen molar-refractivity contribution in [2.24, 2.45) is 4.99 Å². The molecule has 1 aromatic heterocycles. The first kappa shape index (κ1) is 26.1. The highest BCUT2D eigenvalue weighted by atomic mass is 127.